The Kier molecular flexibility index (Phi) is 2.79. The molecular formula is C6H4BrIO2. The Balaban J connectivity index is 3.07. The van der Waals surface area contributed by atoms with Crippen LogP contribution in [0.25, 0.3) is 0 Å². The van der Waals surface area contributed by atoms with Gasteiger partial charge in [0.2, 0.25) is 0 Å². The summed E-state index contributed by atoms with van der Waals surface area (Å²) in [7, 11) is 0. The van der Waals surface area contributed by atoms with Crippen molar-refractivity contribution in [1.29, 1.82) is 0 Å². The molecule has 0 saturated carbocycles. The van der Waals surface area contributed by atoms with Crippen LogP contribution in [0.3, 0.4) is 0 Å². The number of phenolic OH excluding ortho intramolecular Hbond substituents is 1. The topological polar surface area (TPSA) is 29.5 Å². The molecule has 2 nitrogen and oxygen atoms in total. The molecule has 0 aliphatic rings. The smallest absolute Gasteiger partial charge is 0.192 e. The summed E-state index contributed by atoms with van der Waals surface area (Å²) in [5.74, 6) is 0.933. The van der Waals surface area contributed by atoms with Gasteiger partial charge in [0.05, 0.1) is 4.47 Å². The molecule has 0 heterocycles. The summed E-state index contributed by atoms with van der Waals surface area (Å²) in [6.45, 7) is 0. The van der Waals surface area contributed by atoms with Crippen molar-refractivity contribution in [3.05, 3.63) is 22.7 Å². The maximum absolute atomic E-state index is 8.95. The largest absolute Gasteiger partial charge is 0.508 e. The summed E-state index contributed by atoms with van der Waals surface area (Å²) < 4.78 is 5.66. The van der Waals surface area contributed by atoms with Crippen LogP contribution in [0.1, 0.15) is 0 Å². The lowest BCUT2D eigenvalue weighted by molar-refractivity contribution is 0.474. The van der Waals surface area contributed by atoms with Crippen molar-refractivity contribution in [1.82, 2.24) is 0 Å². The highest BCUT2D eigenvalue weighted by molar-refractivity contribution is 14.1. The quantitative estimate of drug-likeness (QED) is 0.808. The first-order valence-electron chi connectivity index (χ1n) is 2.51. The Labute approximate surface area is 81.0 Å². The zero-order valence-electron chi connectivity index (χ0n) is 4.84. The summed E-state index contributed by atoms with van der Waals surface area (Å²) in [6.07, 6.45) is 0. The van der Waals surface area contributed by atoms with E-state index in [-0.39, 0.29) is 5.75 Å². The van der Waals surface area contributed by atoms with E-state index in [1.54, 1.807) is 41.2 Å². The number of hydrogen-bond donors (Lipinski definition) is 1. The molecule has 1 N–H and O–H groups in total. The van der Waals surface area contributed by atoms with Crippen LogP contribution in [0.5, 0.6) is 11.5 Å². The van der Waals surface area contributed by atoms with Gasteiger partial charge in [-0.1, -0.05) is 0 Å². The predicted molar refractivity (Wildman–Crippen MR) is 50.5 cm³/mol. The van der Waals surface area contributed by atoms with Crippen LogP contribution in [0.15, 0.2) is 22.7 Å². The Morgan fingerprint density at radius 3 is 2.70 bits per heavy atom. The molecule has 0 atom stereocenters. The second kappa shape index (κ2) is 3.43. The van der Waals surface area contributed by atoms with Crippen molar-refractivity contribution in [2.45, 2.75) is 0 Å². The maximum Gasteiger partial charge on any atom is 0.192 e. The highest BCUT2D eigenvalue weighted by atomic mass is 127. The van der Waals surface area contributed by atoms with Crippen LogP contribution in [-0.2, 0) is 0 Å². The highest BCUT2D eigenvalue weighted by Crippen LogP contribution is 2.29. The summed E-state index contributed by atoms with van der Waals surface area (Å²) in [4.78, 5) is 0. The van der Waals surface area contributed by atoms with E-state index in [4.69, 9.17) is 8.17 Å². The van der Waals surface area contributed by atoms with E-state index >= 15 is 0 Å². The van der Waals surface area contributed by atoms with Gasteiger partial charge in [-0.3, -0.25) is 0 Å². The number of hydrogen-bond acceptors (Lipinski definition) is 2. The Hall–Kier alpha value is 0.0300. The van der Waals surface area contributed by atoms with E-state index in [1.807, 2.05) is 0 Å². The summed E-state index contributed by atoms with van der Waals surface area (Å²) in [5, 5.41) is 8.95. The normalized spacial score (nSPS) is 9.40. The lowest BCUT2D eigenvalue weighted by atomic mass is 10.3. The zero-order chi connectivity index (χ0) is 7.56. The van der Waals surface area contributed by atoms with Crippen LogP contribution in [0.4, 0.5) is 0 Å². The molecule has 10 heavy (non-hydrogen) atoms. The summed E-state index contributed by atoms with van der Waals surface area (Å²) in [6, 6.07) is 4.83. The van der Waals surface area contributed by atoms with E-state index in [1.165, 1.54) is 0 Å². The van der Waals surface area contributed by atoms with Gasteiger partial charge in [0.15, 0.2) is 23.0 Å². The third-order valence-corrected chi connectivity index (χ3v) is 2.09. The van der Waals surface area contributed by atoms with Crippen molar-refractivity contribution >= 4 is 38.9 Å². The molecule has 0 spiro atoms. The molecule has 0 saturated heterocycles. The van der Waals surface area contributed by atoms with E-state index in [0.29, 0.717) is 5.75 Å². The predicted octanol–water partition coefficient (Wildman–Crippen LogP) is 2.88. The van der Waals surface area contributed by atoms with E-state index in [9.17, 15) is 0 Å². The Morgan fingerprint density at radius 2 is 2.20 bits per heavy atom. The van der Waals surface area contributed by atoms with Gasteiger partial charge in [-0.05, 0) is 34.1 Å². The number of rotatable bonds is 1. The van der Waals surface area contributed by atoms with Crippen molar-refractivity contribution in [2.75, 3.05) is 0 Å². The minimum Gasteiger partial charge on any atom is -0.508 e. The van der Waals surface area contributed by atoms with Gasteiger partial charge in [0, 0.05) is 0 Å². The third-order valence-electron chi connectivity index (χ3n) is 0.999. The molecule has 0 aliphatic heterocycles. The molecule has 0 amide bonds. The molecule has 0 aromatic heterocycles. The van der Waals surface area contributed by atoms with Crippen LogP contribution < -0.4 is 3.07 Å². The number of aromatic hydroxyl groups is 1. The fraction of sp³-hybridized carbons (Fsp3) is 0. The highest BCUT2D eigenvalue weighted by Gasteiger charge is 1.99. The van der Waals surface area contributed by atoms with Crippen molar-refractivity contribution in [3.8, 4) is 11.5 Å². The lowest BCUT2D eigenvalue weighted by Crippen LogP contribution is -1.74. The Bertz CT molecular complexity index is 239. The van der Waals surface area contributed by atoms with E-state index in [2.05, 4.69) is 15.9 Å². The third kappa shape index (κ3) is 1.76. The monoisotopic (exact) mass is 314 g/mol. The molecule has 0 fully saturated rings. The van der Waals surface area contributed by atoms with Crippen LogP contribution in [0.2, 0.25) is 0 Å². The van der Waals surface area contributed by atoms with Gasteiger partial charge in [-0.25, -0.2) is 0 Å². The van der Waals surface area contributed by atoms with Gasteiger partial charge in [0.1, 0.15) is 11.5 Å². The number of benzene rings is 1. The van der Waals surface area contributed by atoms with Crippen LogP contribution in [0, 0.1) is 0 Å². The Morgan fingerprint density at radius 1 is 1.50 bits per heavy atom. The fourth-order valence-corrected chi connectivity index (χ4v) is 1.69. The fourth-order valence-electron chi connectivity index (χ4n) is 0.552. The first kappa shape index (κ1) is 8.13. The van der Waals surface area contributed by atoms with Crippen molar-refractivity contribution < 1.29 is 8.17 Å². The summed E-state index contributed by atoms with van der Waals surface area (Å²) in [5.41, 5.74) is 0. The molecule has 4 heteroatoms. The molecule has 54 valence electrons. The number of phenols is 1. The average molecular weight is 315 g/mol. The minimum absolute atomic E-state index is 0.226. The minimum atomic E-state index is 0.226. The SMILES string of the molecule is Oc1ccc(OI)c(Br)c1. The molecule has 0 aliphatic carbocycles. The van der Waals surface area contributed by atoms with Crippen LogP contribution in [-0.4, -0.2) is 5.11 Å². The maximum atomic E-state index is 8.95. The summed E-state index contributed by atoms with van der Waals surface area (Å²) >= 11 is 5.00. The van der Waals surface area contributed by atoms with Gasteiger partial charge in [-0.2, -0.15) is 0 Å². The van der Waals surface area contributed by atoms with E-state index < -0.39 is 0 Å². The van der Waals surface area contributed by atoms with Crippen LogP contribution >= 0.6 is 38.9 Å². The molecule has 1 rings (SSSR count). The van der Waals surface area contributed by atoms with Gasteiger partial charge in [0.25, 0.3) is 0 Å². The molecule has 1 aromatic rings. The second-order valence-corrected chi connectivity index (χ2v) is 2.99. The van der Waals surface area contributed by atoms with Crippen molar-refractivity contribution in [2.24, 2.45) is 0 Å². The first-order chi connectivity index (χ1) is 4.74. The molecule has 0 radical (unpaired) electrons. The van der Waals surface area contributed by atoms with Gasteiger partial charge < -0.3 is 8.17 Å². The molecule has 0 unspecified atom stereocenters. The van der Waals surface area contributed by atoms with Crippen molar-refractivity contribution in [3.63, 3.8) is 0 Å². The van der Waals surface area contributed by atoms with Gasteiger partial charge in [-0.15, -0.1) is 0 Å². The van der Waals surface area contributed by atoms with Gasteiger partial charge >= 0.3 is 0 Å². The molecule has 1 aromatic carbocycles. The average Bonchev–Trinajstić information content (AvgIpc) is 1.88. The first-order valence-corrected chi connectivity index (χ1v) is 4.18. The second-order valence-electron chi connectivity index (χ2n) is 1.69. The lowest BCUT2D eigenvalue weighted by Gasteiger charge is -1.99. The molecule has 0 bridgehead atoms. The molecular weight excluding hydrogens is 311 g/mol. The zero-order valence-corrected chi connectivity index (χ0v) is 8.59. The standard InChI is InChI=1S/C6H4BrIO2/c7-5-3-4(9)1-2-6(5)10-8/h1-3,9H. The number of halogens is 2. The van der Waals surface area contributed by atoms with E-state index in [0.717, 1.165) is 4.47 Å².